The Bertz CT molecular complexity index is 350. The number of hydrogen-bond acceptors (Lipinski definition) is 2. The van der Waals surface area contributed by atoms with Gasteiger partial charge in [-0.15, -0.1) is 0 Å². The lowest BCUT2D eigenvalue weighted by Gasteiger charge is -2.10. The van der Waals surface area contributed by atoms with E-state index < -0.39 is 0 Å². The van der Waals surface area contributed by atoms with Crippen LogP contribution in [0.15, 0.2) is 24.3 Å². The summed E-state index contributed by atoms with van der Waals surface area (Å²) in [5.41, 5.74) is 8.15. The second-order valence-corrected chi connectivity index (χ2v) is 3.98. The highest BCUT2D eigenvalue weighted by molar-refractivity contribution is 5.81. The number of aryl methyl sites for hydroxylation is 1. The first-order chi connectivity index (χ1) is 7.65. The molecule has 1 atom stereocenters. The summed E-state index contributed by atoms with van der Waals surface area (Å²) in [5, 5.41) is 2.85. The number of carbonyl (C=O) groups is 1. The molecule has 0 spiro atoms. The van der Waals surface area contributed by atoms with Gasteiger partial charge in [-0.1, -0.05) is 31.2 Å². The Balaban J connectivity index is 2.36. The predicted octanol–water partition coefficient (Wildman–Crippen LogP) is 1.39. The molecule has 3 N–H and O–H groups in total. The van der Waals surface area contributed by atoms with Gasteiger partial charge >= 0.3 is 0 Å². The molecule has 0 aromatic heterocycles. The van der Waals surface area contributed by atoms with Crippen LogP contribution in [-0.2, 0) is 11.2 Å². The molecule has 3 heteroatoms. The maximum atomic E-state index is 11.4. The molecule has 0 aliphatic carbocycles. The molecule has 0 heterocycles. The van der Waals surface area contributed by atoms with Gasteiger partial charge in [0.25, 0.3) is 0 Å². The minimum atomic E-state index is -0.378. The van der Waals surface area contributed by atoms with Crippen molar-refractivity contribution in [1.29, 1.82) is 0 Å². The average Bonchev–Trinajstić information content (AvgIpc) is 2.30. The molecule has 0 bridgehead atoms. The SMILES string of the molecule is CCC(N)C(=O)NCCc1ccccc1C. The first-order valence-corrected chi connectivity index (χ1v) is 5.73. The Labute approximate surface area is 97.0 Å². The molecular weight excluding hydrogens is 200 g/mol. The number of carbonyl (C=O) groups excluding carboxylic acids is 1. The lowest BCUT2D eigenvalue weighted by molar-refractivity contribution is -0.122. The van der Waals surface area contributed by atoms with Gasteiger partial charge in [0.1, 0.15) is 0 Å². The minimum absolute atomic E-state index is 0.0592. The van der Waals surface area contributed by atoms with Crippen molar-refractivity contribution >= 4 is 5.91 Å². The maximum Gasteiger partial charge on any atom is 0.236 e. The normalized spacial score (nSPS) is 12.2. The number of nitrogens with two attached hydrogens (primary N) is 1. The van der Waals surface area contributed by atoms with Crippen molar-refractivity contribution in [3.05, 3.63) is 35.4 Å². The molecule has 88 valence electrons. The summed E-state index contributed by atoms with van der Waals surface area (Å²) in [6.45, 7) is 4.64. The Morgan fingerprint density at radius 3 is 2.75 bits per heavy atom. The smallest absolute Gasteiger partial charge is 0.236 e. The number of amides is 1. The quantitative estimate of drug-likeness (QED) is 0.788. The van der Waals surface area contributed by atoms with E-state index in [1.54, 1.807) is 0 Å². The molecule has 1 rings (SSSR count). The summed E-state index contributed by atoms with van der Waals surface area (Å²) in [6.07, 6.45) is 1.53. The van der Waals surface area contributed by atoms with Crippen LogP contribution in [0, 0.1) is 6.92 Å². The maximum absolute atomic E-state index is 11.4. The van der Waals surface area contributed by atoms with Crippen LogP contribution < -0.4 is 11.1 Å². The van der Waals surface area contributed by atoms with Gasteiger partial charge in [-0.25, -0.2) is 0 Å². The van der Waals surface area contributed by atoms with Gasteiger partial charge in [-0.05, 0) is 30.9 Å². The molecule has 1 unspecified atom stereocenters. The summed E-state index contributed by atoms with van der Waals surface area (Å²) < 4.78 is 0. The monoisotopic (exact) mass is 220 g/mol. The zero-order valence-electron chi connectivity index (χ0n) is 9.99. The van der Waals surface area contributed by atoms with Crippen LogP contribution >= 0.6 is 0 Å². The molecule has 0 aliphatic heterocycles. The molecule has 1 amide bonds. The van der Waals surface area contributed by atoms with Crippen molar-refractivity contribution in [2.24, 2.45) is 5.73 Å². The van der Waals surface area contributed by atoms with E-state index in [1.807, 2.05) is 19.1 Å². The third-order valence-corrected chi connectivity index (χ3v) is 2.73. The van der Waals surface area contributed by atoms with Crippen molar-refractivity contribution in [3.63, 3.8) is 0 Å². The highest BCUT2D eigenvalue weighted by atomic mass is 16.2. The minimum Gasteiger partial charge on any atom is -0.354 e. The van der Waals surface area contributed by atoms with Gasteiger partial charge in [0.05, 0.1) is 6.04 Å². The standard InChI is InChI=1S/C13H20N2O/c1-3-12(14)13(16)15-9-8-11-7-5-4-6-10(11)2/h4-7,12H,3,8-9,14H2,1-2H3,(H,15,16). The molecule has 0 fully saturated rings. The summed E-state index contributed by atoms with van der Waals surface area (Å²) in [7, 11) is 0. The third kappa shape index (κ3) is 3.66. The third-order valence-electron chi connectivity index (χ3n) is 2.73. The topological polar surface area (TPSA) is 55.1 Å². The van der Waals surface area contributed by atoms with Crippen molar-refractivity contribution in [2.75, 3.05) is 6.54 Å². The Morgan fingerprint density at radius 2 is 2.12 bits per heavy atom. The summed E-state index contributed by atoms with van der Waals surface area (Å²) in [6, 6.07) is 7.82. The van der Waals surface area contributed by atoms with Crippen molar-refractivity contribution < 1.29 is 4.79 Å². The van der Waals surface area contributed by atoms with Gasteiger partial charge in [0.2, 0.25) is 5.91 Å². The first-order valence-electron chi connectivity index (χ1n) is 5.73. The molecule has 0 saturated carbocycles. The van der Waals surface area contributed by atoms with Crippen LogP contribution in [0.25, 0.3) is 0 Å². The van der Waals surface area contributed by atoms with Crippen LogP contribution in [0.1, 0.15) is 24.5 Å². The lowest BCUT2D eigenvalue weighted by Crippen LogP contribution is -2.40. The molecule has 0 saturated heterocycles. The molecule has 1 aromatic rings. The molecular formula is C13H20N2O. The molecule has 0 aliphatic rings. The summed E-state index contributed by atoms with van der Waals surface area (Å²) >= 11 is 0. The van der Waals surface area contributed by atoms with E-state index in [2.05, 4.69) is 24.4 Å². The van der Waals surface area contributed by atoms with E-state index in [-0.39, 0.29) is 11.9 Å². The fourth-order valence-corrected chi connectivity index (χ4v) is 1.53. The van der Waals surface area contributed by atoms with E-state index in [0.29, 0.717) is 13.0 Å². The second kappa shape index (κ2) is 6.28. The fraction of sp³-hybridized carbons (Fsp3) is 0.462. The summed E-state index contributed by atoms with van der Waals surface area (Å²) in [5.74, 6) is -0.0592. The summed E-state index contributed by atoms with van der Waals surface area (Å²) in [4.78, 5) is 11.4. The van der Waals surface area contributed by atoms with Crippen LogP contribution in [0.5, 0.6) is 0 Å². The fourth-order valence-electron chi connectivity index (χ4n) is 1.53. The van der Waals surface area contributed by atoms with Gasteiger partial charge in [0, 0.05) is 6.54 Å². The van der Waals surface area contributed by atoms with Crippen LogP contribution in [-0.4, -0.2) is 18.5 Å². The van der Waals surface area contributed by atoms with E-state index in [4.69, 9.17) is 5.73 Å². The van der Waals surface area contributed by atoms with Crippen molar-refractivity contribution in [2.45, 2.75) is 32.7 Å². The van der Waals surface area contributed by atoms with E-state index in [0.717, 1.165) is 6.42 Å². The van der Waals surface area contributed by atoms with Crippen molar-refractivity contribution in [1.82, 2.24) is 5.32 Å². The molecule has 3 nitrogen and oxygen atoms in total. The van der Waals surface area contributed by atoms with Crippen molar-refractivity contribution in [3.8, 4) is 0 Å². The Kier molecular flexibility index (Phi) is 4.99. The average molecular weight is 220 g/mol. The van der Waals surface area contributed by atoms with Crippen LogP contribution in [0.2, 0.25) is 0 Å². The first kappa shape index (κ1) is 12.7. The van der Waals surface area contributed by atoms with E-state index in [9.17, 15) is 4.79 Å². The van der Waals surface area contributed by atoms with Gasteiger partial charge in [-0.3, -0.25) is 4.79 Å². The lowest BCUT2D eigenvalue weighted by atomic mass is 10.1. The molecule has 0 radical (unpaired) electrons. The Morgan fingerprint density at radius 1 is 1.44 bits per heavy atom. The number of rotatable bonds is 5. The molecule has 16 heavy (non-hydrogen) atoms. The second-order valence-electron chi connectivity index (χ2n) is 3.98. The van der Waals surface area contributed by atoms with Gasteiger partial charge in [0.15, 0.2) is 0 Å². The van der Waals surface area contributed by atoms with Crippen LogP contribution in [0.3, 0.4) is 0 Å². The highest BCUT2D eigenvalue weighted by Crippen LogP contribution is 2.06. The highest BCUT2D eigenvalue weighted by Gasteiger charge is 2.09. The Hall–Kier alpha value is -1.35. The number of nitrogens with one attached hydrogen (secondary N) is 1. The number of hydrogen-bond donors (Lipinski definition) is 2. The largest absolute Gasteiger partial charge is 0.354 e. The zero-order valence-corrected chi connectivity index (χ0v) is 9.99. The van der Waals surface area contributed by atoms with Gasteiger partial charge in [-0.2, -0.15) is 0 Å². The number of benzene rings is 1. The zero-order chi connectivity index (χ0) is 12.0. The van der Waals surface area contributed by atoms with E-state index in [1.165, 1.54) is 11.1 Å². The molecule has 1 aromatic carbocycles. The van der Waals surface area contributed by atoms with E-state index >= 15 is 0 Å². The predicted molar refractivity (Wildman–Crippen MR) is 66.2 cm³/mol. The van der Waals surface area contributed by atoms with Gasteiger partial charge < -0.3 is 11.1 Å². The van der Waals surface area contributed by atoms with Crippen LogP contribution in [0.4, 0.5) is 0 Å².